The molecule has 1 atom stereocenters. The monoisotopic (exact) mass is 211 g/mol. The summed E-state index contributed by atoms with van der Waals surface area (Å²) in [6.07, 6.45) is 1.86. The Labute approximate surface area is 78.3 Å². The first-order valence-corrected chi connectivity index (χ1v) is 6.41. The zero-order valence-corrected chi connectivity index (χ0v) is 8.90. The zero-order chi connectivity index (χ0) is 9.35. The first-order chi connectivity index (χ1) is 5.43. The second-order valence-electron chi connectivity index (χ2n) is 3.51. The van der Waals surface area contributed by atoms with Crippen molar-refractivity contribution < 1.29 is 8.42 Å². The summed E-state index contributed by atoms with van der Waals surface area (Å²) in [7, 11) is 1.79. The Morgan fingerprint density at radius 2 is 2.08 bits per heavy atom. The van der Waals surface area contributed by atoms with Gasteiger partial charge in [0, 0.05) is 23.3 Å². The third kappa shape index (κ3) is 2.12. The molecule has 1 heterocycles. The van der Waals surface area contributed by atoms with Crippen molar-refractivity contribution in [2.75, 3.05) is 6.54 Å². The van der Waals surface area contributed by atoms with Crippen LogP contribution in [0.2, 0.25) is 0 Å². The molecular weight excluding hydrogens is 198 g/mol. The molecule has 0 aromatic heterocycles. The molecule has 0 aliphatic carbocycles. The summed E-state index contributed by atoms with van der Waals surface area (Å²) < 4.78 is 23.5. The molecule has 1 aliphatic rings. The maximum Gasteiger partial charge on any atom is 0.300 e. The Kier molecular flexibility index (Phi) is 3.01. The molecule has 1 aliphatic heterocycles. The lowest BCUT2D eigenvalue weighted by molar-refractivity contribution is 0.321. The van der Waals surface area contributed by atoms with E-state index in [9.17, 15) is 8.42 Å². The molecule has 3 nitrogen and oxygen atoms in total. The van der Waals surface area contributed by atoms with Gasteiger partial charge in [0.1, 0.15) is 0 Å². The highest BCUT2D eigenvalue weighted by molar-refractivity contribution is 8.11. The number of hydrogen-bond donors (Lipinski definition) is 0. The van der Waals surface area contributed by atoms with Crippen LogP contribution >= 0.6 is 10.7 Å². The van der Waals surface area contributed by atoms with Gasteiger partial charge in [0.2, 0.25) is 0 Å². The highest BCUT2D eigenvalue weighted by atomic mass is 35.7. The summed E-state index contributed by atoms with van der Waals surface area (Å²) in [4.78, 5) is 0. The van der Waals surface area contributed by atoms with Gasteiger partial charge in [-0.15, -0.1) is 0 Å². The summed E-state index contributed by atoms with van der Waals surface area (Å²) in [5.74, 6) is 0.348. The van der Waals surface area contributed by atoms with Crippen LogP contribution in [-0.2, 0) is 9.24 Å². The maximum atomic E-state index is 11.0. The molecule has 1 unspecified atom stereocenters. The third-order valence-electron chi connectivity index (χ3n) is 2.30. The second-order valence-corrected chi connectivity index (χ2v) is 5.97. The van der Waals surface area contributed by atoms with E-state index in [-0.39, 0.29) is 6.04 Å². The van der Waals surface area contributed by atoms with E-state index in [2.05, 4.69) is 0 Å². The second kappa shape index (κ2) is 3.52. The molecule has 0 bridgehead atoms. The minimum absolute atomic E-state index is 0.104. The van der Waals surface area contributed by atoms with Gasteiger partial charge in [-0.05, 0) is 18.8 Å². The van der Waals surface area contributed by atoms with Crippen LogP contribution in [0.3, 0.4) is 0 Å². The van der Waals surface area contributed by atoms with Crippen LogP contribution < -0.4 is 0 Å². The first-order valence-electron chi connectivity index (χ1n) is 4.14. The van der Waals surface area contributed by atoms with Gasteiger partial charge < -0.3 is 0 Å². The summed E-state index contributed by atoms with van der Waals surface area (Å²) in [5.41, 5.74) is 0. The molecule has 0 radical (unpaired) electrons. The van der Waals surface area contributed by atoms with Gasteiger partial charge in [0.05, 0.1) is 0 Å². The van der Waals surface area contributed by atoms with E-state index in [0.29, 0.717) is 12.5 Å². The number of nitrogens with zero attached hydrogens (tertiary/aromatic N) is 1. The molecule has 0 aromatic rings. The standard InChI is InChI=1S/C7H14ClNO2S/c1-6(2)7-4-3-5-9(7)12(8,10)11/h6-7H,3-5H2,1-2H3. The Bertz CT molecular complexity index is 250. The average Bonchev–Trinajstić information content (AvgIpc) is 2.30. The van der Waals surface area contributed by atoms with E-state index in [1.54, 1.807) is 0 Å². The minimum Gasteiger partial charge on any atom is -0.195 e. The topological polar surface area (TPSA) is 37.4 Å². The Morgan fingerprint density at radius 3 is 2.42 bits per heavy atom. The number of rotatable bonds is 2. The molecule has 1 fully saturated rings. The van der Waals surface area contributed by atoms with Crippen molar-refractivity contribution in [1.29, 1.82) is 0 Å². The van der Waals surface area contributed by atoms with E-state index in [1.165, 1.54) is 4.31 Å². The van der Waals surface area contributed by atoms with Crippen molar-refractivity contribution >= 4 is 19.9 Å². The van der Waals surface area contributed by atoms with Crippen LogP contribution in [0.1, 0.15) is 26.7 Å². The molecule has 0 N–H and O–H groups in total. The lowest BCUT2D eigenvalue weighted by Crippen LogP contribution is -2.35. The van der Waals surface area contributed by atoms with Crippen LogP contribution in [0.5, 0.6) is 0 Å². The van der Waals surface area contributed by atoms with Crippen LogP contribution in [0, 0.1) is 5.92 Å². The van der Waals surface area contributed by atoms with Crippen molar-refractivity contribution in [2.24, 2.45) is 5.92 Å². The van der Waals surface area contributed by atoms with Gasteiger partial charge in [-0.1, -0.05) is 13.8 Å². The molecule has 0 amide bonds. The molecular formula is C7H14ClNO2S. The number of halogens is 1. The quantitative estimate of drug-likeness (QED) is 0.651. The van der Waals surface area contributed by atoms with Crippen LogP contribution in [0.15, 0.2) is 0 Å². The summed E-state index contributed by atoms with van der Waals surface area (Å²) in [5, 5.41) is 0. The minimum atomic E-state index is -3.49. The fourth-order valence-corrected chi connectivity index (χ4v) is 3.24. The van der Waals surface area contributed by atoms with E-state index in [0.717, 1.165) is 12.8 Å². The highest BCUT2D eigenvalue weighted by Crippen LogP contribution is 2.27. The molecule has 1 rings (SSSR count). The Balaban J connectivity index is 2.78. The predicted octanol–water partition coefficient (Wildman–Crippen LogP) is 1.59. The lowest BCUT2D eigenvalue weighted by Gasteiger charge is -2.23. The van der Waals surface area contributed by atoms with Gasteiger partial charge in [-0.3, -0.25) is 0 Å². The van der Waals surface area contributed by atoms with Gasteiger partial charge in [-0.25, -0.2) is 0 Å². The van der Waals surface area contributed by atoms with Crippen molar-refractivity contribution in [3.05, 3.63) is 0 Å². The predicted molar refractivity (Wildman–Crippen MR) is 49.3 cm³/mol. The molecule has 0 spiro atoms. The van der Waals surface area contributed by atoms with Crippen LogP contribution in [0.25, 0.3) is 0 Å². The summed E-state index contributed by atoms with van der Waals surface area (Å²) in [6.45, 7) is 4.62. The smallest absolute Gasteiger partial charge is 0.195 e. The Hall–Kier alpha value is 0.200. The maximum absolute atomic E-state index is 11.0. The lowest BCUT2D eigenvalue weighted by atomic mass is 10.0. The van der Waals surface area contributed by atoms with Gasteiger partial charge in [0.15, 0.2) is 0 Å². The number of hydrogen-bond acceptors (Lipinski definition) is 2. The molecule has 0 saturated carbocycles. The van der Waals surface area contributed by atoms with Crippen LogP contribution in [-0.4, -0.2) is 25.3 Å². The SMILES string of the molecule is CC(C)C1CCCN1S(=O)(=O)Cl. The van der Waals surface area contributed by atoms with Gasteiger partial charge in [-0.2, -0.15) is 12.7 Å². The van der Waals surface area contributed by atoms with Crippen molar-refractivity contribution in [2.45, 2.75) is 32.7 Å². The summed E-state index contributed by atoms with van der Waals surface area (Å²) >= 11 is 0. The fraction of sp³-hybridized carbons (Fsp3) is 1.00. The normalized spacial score (nSPS) is 26.8. The summed E-state index contributed by atoms with van der Waals surface area (Å²) in [6, 6.07) is 0.104. The molecule has 5 heteroatoms. The largest absolute Gasteiger partial charge is 0.300 e. The molecule has 72 valence electrons. The van der Waals surface area contributed by atoms with Gasteiger partial charge >= 0.3 is 0 Å². The van der Waals surface area contributed by atoms with Crippen LogP contribution in [0.4, 0.5) is 0 Å². The molecule has 12 heavy (non-hydrogen) atoms. The van der Waals surface area contributed by atoms with Crippen molar-refractivity contribution in [1.82, 2.24) is 4.31 Å². The first kappa shape index (κ1) is 10.3. The van der Waals surface area contributed by atoms with Crippen molar-refractivity contribution in [3.8, 4) is 0 Å². The van der Waals surface area contributed by atoms with E-state index in [1.807, 2.05) is 13.8 Å². The van der Waals surface area contributed by atoms with E-state index < -0.39 is 9.24 Å². The third-order valence-corrected chi connectivity index (χ3v) is 3.84. The van der Waals surface area contributed by atoms with Crippen molar-refractivity contribution in [3.63, 3.8) is 0 Å². The average molecular weight is 212 g/mol. The highest BCUT2D eigenvalue weighted by Gasteiger charge is 2.34. The fourth-order valence-electron chi connectivity index (χ4n) is 1.70. The molecule has 1 saturated heterocycles. The zero-order valence-electron chi connectivity index (χ0n) is 7.33. The Morgan fingerprint density at radius 1 is 1.50 bits per heavy atom. The van der Waals surface area contributed by atoms with E-state index >= 15 is 0 Å². The molecule has 0 aromatic carbocycles. The van der Waals surface area contributed by atoms with E-state index in [4.69, 9.17) is 10.7 Å². The van der Waals surface area contributed by atoms with Gasteiger partial charge in [0.25, 0.3) is 9.24 Å².